The van der Waals surface area contributed by atoms with E-state index < -0.39 is 0 Å². The van der Waals surface area contributed by atoms with Crippen molar-refractivity contribution in [2.24, 2.45) is 12.8 Å². The maximum atomic E-state index is 11.2. The summed E-state index contributed by atoms with van der Waals surface area (Å²) in [5, 5.41) is 4.01. The summed E-state index contributed by atoms with van der Waals surface area (Å²) in [6.45, 7) is 3.97. The number of nitrogens with zero attached hydrogens (tertiary/aromatic N) is 2. The van der Waals surface area contributed by atoms with Crippen LogP contribution >= 0.6 is 11.8 Å². The first-order valence-corrected chi connectivity index (χ1v) is 6.14. The van der Waals surface area contributed by atoms with E-state index in [1.165, 1.54) is 11.8 Å². The van der Waals surface area contributed by atoms with E-state index in [0.29, 0.717) is 5.75 Å². The first-order valence-electron chi connectivity index (χ1n) is 5.16. The Bertz CT molecular complexity index is 350. The van der Waals surface area contributed by atoms with E-state index in [0.717, 1.165) is 5.16 Å². The highest BCUT2D eigenvalue weighted by atomic mass is 32.2. The minimum Gasteiger partial charge on any atom is -0.368 e. The van der Waals surface area contributed by atoms with Crippen LogP contribution in [0.3, 0.4) is 0 Å². The van der Waals surface area contributed by atoms with Crippen molar-refractivity contribution < 1.29 is 4.79 Å². The number of thioether (sulfide) groups is 1. The summed E-state index contributed by atoms with van der Waals surface area (Å²) in [6, 6.07) is -0.0822. The van der Waals surface area contributed by atoms with Gasteiger partial charge in [-0.15, -0.1) is 0 Å². The summed E-state index contributed by atoms with van der Waals surface area (Å²) in [7, 11) is 1.92. The molecule has 0 radical (unpaired) electrons. The Labute approximate surface area is 99.8 Å². The fourth-order valence-corrected chi connectivity index (χ4v) is 2.24. The van der Waals surface area contributed by atoms with Gasteiger partial charge in [-0.2, -0.15) is 0 Å². The highest BCUT2D eigenvalue weighted by molar-refractivity contribution is 7.99. The average Bonchev–Trinajstić information content (AvgIpc) is 2.57. The van der Waals surface area contributed by atoms with Crippen molar-refractivity contribution in [3.8, 4) is 0 Å². The number of aromatic nitrogens is 2. The minimum atomic E-state index is -0.324. The molecular formula is C10H18N4OS. The standard InChI is InChI=1S/C10H18N4OS/c1-7(2)13-8(9(11)15)6-16-10-12-4-5-14(10)3/h4-5,7-8,13H,6H2,1-3H3,(H2,11,15). The zero-order chi connectivity index (χ0) is 12.1. The van der Waals surface area contributed by atoms with Crippen LogP contribution in [0.15, 0.2) is 17.6 Å². The van der Waals surface area contributed by atoms with Crippen LogP contribution in [0.1, 0.15) is 13.8 Å². The third-order valence-electron chi connectivity index (χ3n) is 2.03. The highest BCUT2D eigenvalue weighted by Crippen LogP contribution is 2.15. The molecular weight excluding hydrogens is 224 g/mol. The van der Waals surface area contributed by atoms with E-state index in [2.05, 4.69) is 10.3 Å². The van der Waals surface area contributed by atoms with E-state index >= 15 is 0 Å². The van der Waals surface area contributed by atoms with Gasteiger partial charge in [-0.3, -0.25) is 4.79 Å². The maximum absolute atomic E-state index is 11.2. The molecule has 1 atom stereocenters. The van der Waals surface area contributed by atoms with Crippen LogP contribution < -0.4 is 11.1 Å². The van der Waals surface area contributed by atoms with Gasteiger partial charge < -0.3 is 15.6 Å². The number of hydrogen-bond acceptors (Lipinski definition) is 4. The Morgan fingerprint density at radius 2 is 2.38 bits per heavy atom. The van der Waals surface area contributed by atoms with E-state index in [9.17, 15) is 4.79 Å². The van der Waals surface area contributed by atoms with Gasteiger partial charge in [0.05, 0.1) is 6.04 Å². The highest BCUT2D eigenvalue weighted by Gasteiger charge is 2.17. The monoisotopic (exact) mass is 242 g/mol. The van der Waals surface area contributed by atoms with Crippen LogP contribution in [0.4, 0.5) is 0 Å². The van der Waals surface area contributed by atoms with E-state index in [1.807, 2.05) is 31.7 Å². The molecule has 90 valence electrons. The van der Waals surface area contributed by atoms with Crippen molar-refractivity contribution >= 4 is 17.7 Å². The van der Waals surface area contributed by atoms with Crippen LogP contribution in [-0.2, 0) is 11.8 Å². The molecule has 0 aliphatic carbocycles. The van der Waals surface area contributed by atoms with E-state index in [1.54, 1.807) is 6.20 Å². The zero-order valence-electron chi connectivity index (χ0n) is 9.80. The minimum absolute atomic E-state index is 0.236. The van der Waals surface area contributed by atoms with Crippen molar-refractivity contribution in [1.82, 2.24) is 14.9 Å². The third kappa shape index (κ3) is 3.86. The number of amides is 1. The first-order chi connectivity index (χ1) is 7.50. The molecule has 0 aromatic carbocycles. The Morgan fingerprint density at radius 1 is 1.69 bits per heavy atom. The summed E-state index contributed by atoms with van der Waals surface area (Å²) in [5.41, 5.74) is 5.32. The van der Waals surface area contributed by atoms with Crippen molar-refractivity contribution in [3.63, 3.8) is 0 Å². The summed E-state index contributed by atoms with van der Waals surface area (Å²) in [5.74, 6) is 0.272. The van der Waals surface area contributed by atoms with Crippen molar-refractivity contribution in [2.45, 2.75) is 31.1 Å². The van der Waals surface area contributed by atoms with Gasteiger partial charge in [-0.05, 0) is 0 Å². The maximum Gasteiger partial charge on any atom is 0.235 e. The molecule has 0 aliphatic rings. The van der Waals surface area contributed by atoms with Gasteiger partial charge in [0.15, 0.2) is 5.16 Å². The number of carbonyl (C=O) groups excluding carboxylic acids is 1. The number of hydrogen-bond donors (Lipinski definition) is 2. The van der Waals surface area contributed by atoms with Gasteiger partial charge >= 0.3 is 0 Å². The molecule has 0 spiro atoms. The fraction of sp³-hybridized carbons (Fsp3) is 0.600. The summed E-state index contributed by atoms with van der Waals surface area (Å²) in [4.78, 5) is 15.4. The lowest BCUT2D eigenvalue weighted by molar-refractivity contribution is -0.119. The molecule has 1 aromatic rings. The summed E-state index contributed by atoms with van der Waals surface area (Å²) < 4.78 is 1.91. The number of nitrogens with one attached hydrogen (secondary N) is 1. The lowest BCUT2D eigenvalue weighted by Crippen LogP contribution is -2.46. The van der Waals surface area contributed by atoms with E-state index in [-0.39, 0.29) is 18.0 Å². The molecule has 1 rings (SSSR count). The Hall–Kier alpha value is -1.01. The smallest absolute Gasteiger partial charge is 0.235 e. The number of nitrogens with two attached hydrogens (primary N) is 1. The Kier molecular flexibility index (Phi) is 4.82. The van der Waals surface area contributed by atoms with Crippen LogP contribution in [-0.4, -0.2) is 33.3 Å². The number of aryl methyl sites for hydroxylation is 1. The van der Waals surface area contributed by atoms with Crippen molar-refractivity contribution in [2.75, 3.05) is 5.75 Å². The first kappa shape index (κ1) is 13.1. The van der Waals surface area contributed by atoms with Crippen molar-refractivity contribution in [3.05, 3.63) is 12.4 Å². The fourth-order valence-electron chi connectivity index (χ4n) is 1.26. The predicted octanol–water partition coefficient (Wildman–Crippen LogP) is 0.364. The van der Waals surface area contributed by atoms with Crippen LogP contribution in [0, 0.1) is 0 Å². The van der Waals surface area contributed by atoms with E-state index in [4.69, 9.17) is 5.73 Å². The molecule has 0 bridgehead atoms. The molecule has 1 aromatic heterocycles. The SMILES string of the molecule is CC(C)NC(CSc1nccn1C)C(N)=O. The molecule has 6 heteroatoms. The molecule has 1 unspecified atom stereocenters. The van der Waals surface area contributed by atoms with Gasteiger partial charge in [-0.25, -0.2) is 4.98 Å². The number of carbonyl (C=O) groups is 1. The summed E-state index contributed by atoms with van der Waals surface area (Å²) >= 11 is 1.52. The Balaban J connectivity index is 2.50. The topological polar surface area (TPSA) is 72.9 Å². The quantitative estimate of drug-likeness (QED) is 0.707. The third-order valence-corrected chi connectivity index (χ3v) is 3.19. The molecule has 0 fully saturated rings. The largest absolute Gasteiger partial charge is 0.368 e. The lowest BCUT2D eigenvalue weighted by atomic mass is 10.3. The lowest BCUT2D eigenvalue weighted by Gasteiger charge is -2.17. The number of imidazole rings is 1. The van der Waals surface area contributed by atoms with Crippen LogP contribution in [0.25, 0.3) is 0 Å². The van der Waals surface area contributed by atoms with Gasteiger partial charge in [0, 0.05) is 31.2 Å². The van der Waals surface area contributed by atoms with Crippen molar-refractivity contribution in [1.29, 1.82) is 0 Å². The van der Waals surface area contributed by atoms with Gasteiger partial charge in [0.1, 0.15) is 0 Å². The second-order valence-corrected chi connectivity index (χ2v) is 4.90. The predicted molar refractivity (Wildman–Crippen MR) is 65.2 cm³/mol. The van der Waals surface area contributed by atoms with Gasteiger partial charge in [0.25, 0.3) is 0 Å². The molecule has 1 amide bonds. The second-order valence-electron chi connectivity index (χ2n) is 3.91. The van der Waals surface area contributed by atoms with Crippen LogP contribution in [0.2, 0.25) is 0 Å². The molecule has 16 heavy (non-hydrogen) atoms. The second kappa shape index (κ2) is 5.91. The number of rotatable bonds is 6. The zero-order valence-corrected chi connectivity index (χ0v) is 10.6. The summed E-state index contributed by atoms with van der Waals surface area (Å²) in [6.07, 6.45) is 3.61. The molecule has 5 nitrogen and oxygen atoms in total. The average molecular weight is 242 g/mol. The van der Waals surface area contributed by atoms with Gasteiger partial charge in [0.2, 0.25) is 5.91 Å². The van der Waals surface area contributed by atoms with Gasteiger partial charge in [-0.1, -0.05) is 25.6 Å². The molecule has 0 saturated heterocycles. The Morgan fingerprint density at radius 3 is 2.81 bits per heavy atom. The normalized spacial score (nSPS) is 13.0. The molecule has 0 aliphatic heterocycles. The number of primary amides is 1. The van der Waals surface area contributed by atoms with Crippen LogP contribution in [0.5, 0.6) is 0 Å². The molecule has 0 saturated carbocycles. The molecule has 1 heterocycles. The molecule has 3 N–H and O–H groups in total.